The third-order valence-electron chi connectivity index (χ3n) is 5.21. The molecule has 0 amide bonds. The maximum atomic E-state index is 12.8. The molecule has 1 fully saturated rings. The van der Waals surface area contributed by atoms with Gasteiger partial charge >= 0.3 is 6.18 Å². The molecule has 0 unspecified atom stereocenters. The molecular formula is C22H28F3N3. The number of hydrogen-bond acceptors (Lipinski definition) is 3. The summed E-state index contributed by atoms with van der Waals surface area (Å²) < 4.78 is 38.3. The molecule has 1 aliphatic heterocycles. The highest BCUT2D eigenvalue weighted by atomic mass is 19.4. The number of piperazine rings is 1. The highest BCUT2D eigenvalue weighted by Crippen LogP contribution is 2.31. The fourth-order valence-corrected chi connectivity index (χ4v) is 3.47. The Morgan fingerprint density at radius 1 is 0.857 bits per heavy atom. The van der Waals surface area contributed by atoms with Crippen LogP contribution in [0.3, 0.4) is 0 Å². The van der Waals surface area contributed by atoms with Crippen LogP contribution in [-0.4, -0.2) is 68.1 Å². The molecule has 1 heterocycles. The summed E-state index contributed by atoms with van der Waals surface area (Å²) in [5.74, 6) is 0. The first kappa shape index (κ1) is 20.8. The van der Waals surface area contributed by atoms with Crippen LogP contribution in [0.15, 0.2) is 48.5 Å². The van der Waals surface area contributed by atoms with Crippen LogP contribution in [0.25, 0.3) is 11.1 Å². The molecule has 0 atom stereocenters. The molecule has 3 nitrogen and oxygen atoms in total. The average molecular weight is 391 g/mol. The minimum atomic E-state index is -4.30. The fourth-order valence-electron chi connectivity index (χ4n) is 3.47. The molecule has 3 rings (SSSR count). The summed E-state index contributed by atoms with van der Waals surface area (Å²) in [4.78, 5) is 7.15. The molecule has 2 aromatic rings. The van der Waals surface area contributed by atoms with E-state index in [1.165, 1.54) is 5.56 Å². The van der Waals surface area contributed by atoms with E-state index in [9.17, 15) is 13.2 Å². The lowest BCUT2D eigenvalue weighted by Crippen LogP contribution is -2.47. The summed E-state index contributed by atoms with van der Waals surface area (Å²) in [5, 5.41) is 0. The third-order valence-corrected chi connectivity index (χ3v) is 5.21. The van der Waals surface area contributed by atoms with E-state index < -0.39 is 11.7 Å². The number of benzene rings is 2. The topological polar surface area (TPSA) is 9.72 Å². The Kier molecular flexibility index (Phi) is 6.75. The third kappa shape index (κ3) is 5.80. The van der Waals surface area contributed by atoms with E-state index >= 15 is 0 Å². The van der Waals surface area contributed by atoms with Crippen molar-refractivity contribution >= 4 is 0 Å². The van der Waals surface area contributed by atoms with Gasteiger partial charge in [0.1, 0.15) is 0 Å². The van der Waals surface area contributed by atoms with Gasteiger partial charge < -0.3 is 4.90 Å². The molecule has 0 aliphatic carbocycles. The normalized spacial score (nSPS) is 16.6. The second-order valence-electron chi connectivity index (χ2n) is 7.70. The zero-order valence-corrected chi connectivity index (χ0v) is 16.5. The Hall–Kier alpha value is -1.89. The van der Waals surface area contributed by atoms with Gasteiger partial charge in [0.15, 0.2) is 0 Å². The van der Waals surface area contributed by atoms with Crippen LogP contribution < -0.4 is 0 Å². The lowest BCUT2D eigenvalue weighted by molar-refractivity contribution is -0.137. The lowest BCUT2D eigenvalue weighted by Gasteiger charge is -2.35. The Labute approximate surface area is 165 Å². The summed E-state index contributed by atoms with van der Waals surface area (Å²) in [7, 11) is 4.19. The second kappa shape index (κ2) is 9.07. The Morgan fingerprint density at radius 3 is 2.11 bits per heavy atom. The molecule has 0 radical (unpaired) electrons. The quantitative estimate of drug-likeness (QED) is 0.736. The van der Waals surface area contributed by atoms with Crippen LogP contribution in [0.4, 0.5) is 13.2 Å². The van der Waals surface area contributed by atoms with Crippen LogP contribution in [0, 0.1) is 0 Å². The summed E-state index contributed by atoms with van der Waals surface area (Å²) in [6.07, 6.45) is -4.30. The van der Waals surface area contributed by atoms with Crippen LogP contribution in [-0.2, 0) is 12.7 Å². The number of likely N-dealkylation sites (N-methyl/N-ethyl adjacent to an activating group) is 1. The van der Waals surface area contributed by atoms with Crippen molar-refractivity contribution in [3.8, 4) is 11.1 Å². The maximum absolute atomic E-state index is 12.8. The second-order valence-corrected chi connectivity index (χ2v) is 7.70. The average Bonchev–Trinajstić information content (AvgIpc) is 2.67. The van der Waals surface area contributed by atoms with Crippen molar-refractivity contribution < 1.29 is 13.2 Å². The number of nitrogens with zero attached hydrogens (tertiary/aromatic N) is 3. The first-order valence-electron chi connectivity index (χ1n) is 9.67. The van der Waals surface area contributed by atoms with E-state index in [-0.39, 0.29) is 0 Å². The van der Waals surface area contributed by atoms with Crippen LogP contribution in [0.1, 0.15) is 11.1 Å². The summed E-state index contributed by atoms with van der Waals surface area (Å²) in [6, 6.07) is 13.5. The largest absolute Gasteiger partial charge is 0.416 e. The van der Waals surface area contributed by atoms with Gasteiger partial charge in [0.2, 0.25) is 0 Å². The minimum Gasteiger partial charge on any atom is -0.308 e. The Bertz CT molecular complexity index is 748. The predicted molar refractivity (Wildman–Crippen MR) is 107 cm³/mol. The van der Waals surface area contributed by atoms with Gasteiger partial charge in [0.25, 0.3) is 0 Å². The van der Waals surface area contributed by atoms with Gasteiger partial charge in [-0.05, 0) is 49.0 Å². The molecule has 0 bridgehead atoms. The molecule has 1 aliphatic rings. The number of hydrogen-bond donors (Lipinski definition) is 0. The summed E-state index contributed by atoms with van der Waals surface area (Å²) >= 11 is 0. The van der Waals surface area contributed by atoms with E-state index in [4.69, 9.17) is 0 Å². The van der Waals surface area contributed by atoms with E-state index in [0.29, 0.717) is 0 Å². The predicted octanol–water partition coefficient (Wildman–Crippen LogP) is 4.05. The number of rotatable bonds is 6. The SMILES string of the molecule is CN(C)CCN1CCN(Cc2cccc(-c3ccc(C(F)(F)F)cc3)c2)CC1. The number of alkyl halides is 3. The Balaban J connectivity index is 1.58. The molecule has 2 aromatic carbocycles. The molecule has 0 saturated carbocycles. The van der Waals surface area contributed by atoms with E-state index in [2.05, 4.69) is 40.9 Å². The van der Waals surface area contributed by atoms with Crippen molar-refractivity contribution in [1.82, 2.24) is 14.7 Å². The van der Waals surface area contributed by atoms with Crippen molar-refractivity contribution in [3.63, 3.8) is 0 Å². The molecule has 0 aromatic heterocycles. The smallest absolute Gasteiger partial charge is 0.308 e. The highest BCUT2D eigenvalue weighted by molar-refractivity contribution is 5.64. The van der Waals surface area contributed by atoms with Gasteiger partial charge in [-0.3, -0.25) is 9.80 Å². The highest BCUT2D eigenvalue weighted by Gasteiger charge is 2.30. The monoisotopic (exact) mass is 391 g/mol. The Morgan fingerprint density at radius 2 is 1.50 bits per heavy atom. The minimum absolute atomic E-state index is 0.612. The molecule has 152 valence electrons. The van der Waals surface area contributed by atoms with Gasteiger partial charge in [-0.25, -0.2) is 0 Å². The van der Waals surface area contributed by atoms with Crippen LogP contribution in [0.2, 0.25) is 0 Å². The van der Waals surface area contributed by atoms with Gasteiger partial charge in [0.05, 0.1) is 5.56 Å². The molecular weight excluding hydrogens is 363 g/mol. The van der Waals surface area contributed by atoms with Crippen molar-refractivity contribution in [1.29, 1.82) is 0 Å². The first-order chi connectivity index (χ1) is 13.3. The zero-order valence-electron chi connectivity index (χ0n) is 16.5. The van der Waals surface area contributed by atoms with Crippen molar-refractivity contribution in [2.45, 2.75) is 12.7 Å². The van der Waals surface area contributed by atoms with E-state index in [1.54, 1.807) is 12.1 Å². The van der Waals surface area contributed by atoms with Gasteiger partial charge in [-0.15, -0.1) is 0 Å². The van der Waals surface area contributed by atoms with Crippen molar-refractivity contribution in [3.05, 3.63) is 59.7 Å². The van der Waals surface area contributed by atoms with Crippen molar-refractivity contribution in [2.75, 3.05) is 53.4 Å². The van der Waals surface area contributed by atoms with E-state index in [0.717, 1.165) is 69.1 Å². The standard InChI is InChI=1S/C22H28F3N3/c1-26(2)10-11-27-12-14-28(15-13-27)17-18-4-3-5-20(16-18)19-6-8-21(9-7-19)22(23,24)25/h3-9,16H,10-15,17H2,1-2H3. The van der Waals surface area contributed by atoms with E-state index in [1.807, 2.05) is 12.1 Å². The molecule has 1 saturated heterocycles. The number of halogens is 3. The molecule has 6 heteroatoms. The van der Waals surface area contributed by atoms with Crippen molar-refractivity contribution in [2.24, 2.45) is 0 Å². The summed E-state index contributed by atoms with van der Waals surface area (Å²) in [5.41, 5.74) is 2.35. The molecule has 0 N–H and O–H groups in total. The van der Waals surface area contributed by atoms with Gasteiger partial charge in [-0.1, -0.05) is 30.3 Å². The van der Waals surface area contributed by atoms with Gasteiger partial charge in [-0.2, -0.15) is 13.2 Å². The zero-order chi connectivity index (χ0) is 20.1. The first-order valence-corrected chi connectivity index (χ1v) is 9.67. The fraction of sp³-hybridized carbons (Fsp3) is 0.455. The van der Waals surface area contributed by atoms with Gasteiger partial charge in [0, 0.05) is 45.8 Å². The maximum Gasteiger partial charge on any atom is 0.416 e. The van der Waals surface area contributed by atoms with Crippen LogP contribution in [0.5, 0.6) is 0 Å². The molecule has 0 spiro atoms. The van der Waals surface area contributed by atoms with Crippen LogP contribution >= 0.6 is 0 Å². The molecule has 28 heavy (non-hydrogen) atoms. The summed E-state index contributed by atoms with van der Waals surface area (Å²) in [6.45, 7) is 7.28. The lowest BCUT2D eigenvalue weighted by atomic mass is 10.0.